The Morgan fingerprint density at radius 3 is 2.47 bits per heavy atom. The van der Waals surface area contributed by atoms with Crippen LogP contribution in [0.5, 0.6) is 0 Å². The number of hydrogen-bond acceptors (Lipinski definition) is 2. The van der Waals surface area contributed by atoms with Gasteiger partial charge in [-0.3, -0.25) is 9.59 Å². The normalized spacial score (nSPS) is 16.7. The van der Waals surface area contributed by atoms with Gasteiger partial charge in [-0.1, -0.05) is 6.07 Å². The Morgan fingerprint density at radius 2 is 1.82 bits per heavy atom. The molecule has 1 fully saturated rings. The maximum atomic E-state index is 11.9. The molecule has 1 N–H and O–H groups in total. The van der Waals surface area contributed by atoms with Crippen LogP contribution in [-0.2, 0) is 9.59 Å². The Hall–Kier alpha value is -0.880. The molecule has 1 aromatic carbocycles. The Balaban J connectivity index is 2.38. The molecule has 2 amide bonds. The lowest BCUT2D eigenvalue weighted by Gasteiger charge is -2.22. The van der Waals surface area contributed by atoms with Gasteiger partial charge in [0, 0.05) is 21.9 Å². The van der Waals surface area contributed by atoms with Crippen LogP contribution in [0.2, 0.25) is 0 Å². The van der Waals surface area contributed by atoms with Gasteiger partial charge < -0.3 is 10.2 Å². The van der Waals surface area contributed by atoms with Crippen LogP contribution in [0.25, 0.3) is 0 Å². The van der Waals surface area contributed by atoms with Crippen LogP contribution in [0.3, 0.4) is 0 Å². The van der Waals surface area contributed by atoms with Gasteiger partial charge in [-0.15, -0.1) is 0 Å². The molecule has 6 heteroatoms. The molecule has 1 aliphatic heterocycles. The number of nitrogens with one attached hydrogen (secondary N) is 1. The number of benzene rings is 1. The molecule has 4 nitrogen and oxygen atoms in total. The molecule has 1 saturated heterocycles. The van der Waals surface area contributed by atoms with Crippen molar-refractivity contribution < 1.29 is 9.59 Å². The lowest BCUT2D eigenvalue weighted by atomic mass is 10.2. The molecule has 0 aliphatic carbocycles. The highest BCUT2D eigenvalue weighted by atomic mass is 79.9. The molecule has 0 aromatic heterocycles. The van der Waals surface area contributed by atoms with Gasteiger partial charge in [0.2, 0.25) is 11.8 Å². The second kappa shape index (κ2) is 5.18. The fourth-order valence-corrected chi connectivity index (χ4v) is 3.11. The Morgan fingerprint density at radius 1 is 1.18 bits per heavy atom. The molecule has 0 radical (unpaired) electrons. The zero-order chi connectivity index (χ0) is 12.4. The summed E-state index contributed by atoms with van der Waals surface area (Å²) in [6.07, 6.45) is 0.319. The summed E-state index contributed by atoms with van der Waals surface area (Å²) < 4.78 is 1.66. The van der Waals surface area contributed by atoms with Crippen molar-refractivity contribution in [2.45, 2.75) is 6.42 Å². The number of nitrogens with zero attached hydrogens (tertiary/aromatic N) is 1. The summed E-state index contributed by atoms with van der Waals surface area (Å²) in [6, 6.07) is 5.62. The third-order valence-corrected chi connectivity index (χ3v) is 3.79. The van der Waals surface area contributed by atoms with Gasteiger partial charge in [0.05, 0.1) is 12.2 Å². The predicted octanol–water partition coefficient (Wildman–Crippen LogP) is 2.06. The van der Waals surface area contributed by atoms with Gasteiger partial charge in [-0.2, -0.15) is 0 Å². The number of halogens is 2. The number of carbonyl (C=O) groups is 2. The van der Waals surface area contributed by atoms with Gasteiger partial charge in [0.25, 0.3) is 0 Å². The highest BCUT2D eigenvalue weighted by Crippen LogP contribution is 2.34. The highest BCUT2D eigenvalue weighted by molar-refractivity contribution is 9.11. The van der Waals surface area contributed by atoms with E-state index in [0.717, 1.165) is 14.6 Å². The first kappa shape index (κ1) is 12.6. The number of hydrogen-bond donors (Lipinski definition) is 1. The summed E-state index contributed by atoms with van der Waals surface area (Å²) in [5.41, 5.74) is 0.772. The van der Waals surface area contributed by atoms with Crippen LogP contribution in [0.4, 0.5) is 5.69 Å². The van der Waals surface area contributed by atoms with E-state index in [1.54, 1.807) is 4.90 Å². The van der Waals surface area contributed by atoms with E-state index >= 15 is 0 Å². The van der Waals surface area contributed by atoms with Crippen molar-refractivity contribution in [2.75, 3.05) is 18.0 Å². The van der Waals surface area contributed by atoms with Crippen molar-refractivity contribution in [1.82, 2.24) is 5.32 Å². The fourth-order valence-electron chi connectivity index (χ4n) is 1.68. The minimum atomic E-state index is -0.108. The Kier molecular flexibility index (Phi) is 3.83. The van der Waals surface area contributed by atoms with Crippen LogP contribution >= 0.6 is 31.9 Å². The maximum absolute atomic E-state index is 11.9. The zero-order valence-corrected chi connectivity index (χ0v) is 12.0. The van der Waals surface area contributed by atoms with E-state index in [9.17, 15) is 9.59 Å². The number of para-hydroxylation sites is 1. The van der Waals surface area contributed by atoms with Crippen molar-refractivity contribution in [1.29, 1.82) is 0 Å². The summed E-state index contributed by atoms with van der Waals surface area (Å²) in [6.45, 7) is 0.443. The molecule has 17 heavy (non-hydrogen) atoms. The summed E-state index contributed by atoms with van der Waals surface area (Å²) in [4.78, 5) is 24.8. The average molecular weight is 362 g/mol. The van der Waals surface area contributed by atoms with Crippen molar-refractivity contribution in [3.05, 3.63) is 27.1 Å². The predicted molar refractivity (Wildman–Crippen MR) is 71.8 cm³/mol. The third-order valence-electron chi connectivity index (χ3n) is 2.51. The van der Waals surface area contributed by atoms with Gasteiger partial charge >= 0.3 is 0 Å². The summed E-state index contributed by atoms with van der Waals surface area (Å²) in [7, 11) is 0. The lowest BCUT2D eigenvalue weighted by molar-refractivity contribution is -0.123. The first-order valence-electron chi connectivity index (χ1n) is 5.10. The molecule has 0 spiro atoms. The van der Waals surface area contributed by atoms with Crippen molar-refractivity contribution in [3.63, 3.8) is 0 Å². The van der Waals surface area contributed by atoms with Crippen LogP contribution in [-0.4, -0.2) is 24.9 Å². The number of rotatable bonds is 1. The quantitative estimate of drug-likeness (QED) is 0.832. The van der Waals surface area contributed by atoms with Crippen LogP contribution in [0.15, 0.2) is 27.1 Å². The van der Waals surface area contributed by atoms with Crippen LogP contribution in [0, 0.1) is 0 Å². The van der Waals surface area contributed by atoms with Gasteiger partial charge in [0.15, 0.2) is 0 Å². The zero-order valence-electron chi connectivity index (χ0n) is 8.87. The Bertz CT molecular complexity index is 456. The van der Waals surface area contributed by atoms with Crippen molar-refractivity contribution >= 4 is 49.4 Å². The van der Waals surface area contributed by atoms with E-state index in [4.69, 9.17) is 0 Å². The van der Waals surface area contributed by atoms with E-state index < -0.39 is 0 Å². The van der Waals surface area contributed by atoms with E-state index in [1.807, 2.05) is 18.2 Å². The fraction of sp³-hybridized carbons (Fsp3) is 0.273. The summed E-state index contributed by atoms with van der Waals surface area (Å²) in [5, 5.41) is 2.57. The molecule has 1 aromatic rings. The molecule has 0 saturated carbocycles. The average Bonchev–Trinajstić information content (AvgIpc) is 2.44. The van der Waals surface area contributed by atoms with E-state index in [0.29, 0.717) is 13.0 Å². The van der Waals surface area contributed by atoms with Crippen molar-refractivity contribution in [2.24, 2.45) is 0 Å². The first-order valence-corrected chi connectivity index (χ1v) is 6.69. The molecule has 1 aliphatic rings. The monoisotopic (exact) mass is 360 g/mol. The lowest BCUT2D eigenvalue weighted by Crippen LogP contribution is -2.35. The minimum absolute atomic E-state index is 0.0482. The molecule has 0 atom stereocenters. The topological polar surface area (TPSA) is 49.4 Å². The summed E-state index contributed by atoms with van der Waals surface area (Å²) >= 11 is 6.84. The molecule has 2 rings (SSSR count). The SMILES string of the molecule is O=C1CCN(c2c(Br)cccc2Br)C(=O)CN1. The molecular weight excluding hydrogens is 352 g/mol. The largest absolute Gasteiger partial charge is 0.347 e. The minimum Gasteiger partial charge on any atom is -0.347 e. The van der Waals surface area contributed by atoms with Crippen molar-refractivity contribution in [3.8, 4) is 0 Å². The van der Waals surface area contributed by atoms with E-state index in [2.05, 4.69) is 37.2 Å². The summed E-state index contributed by atoms with van der Waals surface area (Å²) in [5.74, 6) is -0.201. The molecule has 0 bridgehead atoms. The second-order valence-corrected chi connectivity index (χ2v) is 5.35. The van der Waals surface area contributed by atoms with Gasteiger partial charge in [-0.05, 0) is 44.0 Å². The highest BCUT2D eigenvalue weighted by Gasteiger charge is 2.24. The maximum Gasteiger partial charge on any atom is 0.246 e. The van der Waals surface area contributed by atoms with Crippen LogP contribution < -0.4 is 10.2 Å². The Labute approximate surface area is 116 Å². The van der Waals surface area contributed by atoms with E-state index in [-0.39, 0.29) is 18.4 Å². The molecule has 1 heterocycles. The number of carbonyl (C=O) groups excluding carboxylic acids is 2. The number of amides is 2. The smallest absolute Gasteiger partial charge is 0.246 e. The second-order valence-electron chi connectivity index (χ2n) is 3.64. The molecular formula is C11H10Br2N2O2. The third kappa shape index (κ3) is 2.69. The van der Waals surface area contributed by atoms with Crippen LogP contribution in [0.1, 0.15) is 6.42 Å². The van der Waals surface area contributed by atoms with E-state index in [1.165, 1.54) is 0 Å². The van der Waals surface area contributed by atoms with Gasteiger partial charge in [0.1, 0.15) is 0 Å². The number of anilines is 1. The molecule has 90 valence electrons. The van der Waals surface area contributed by atoms with Gasteiger partial charge in [-0.25, -0.2) is 0 Å². The first-order chi connectivity index (χ1) is 8.09. The standard InChI is InChI=1S/C11H10Br2N2O2/c12-7-2-1-3-8(13)11(7)15-5-4-9(16)14-6-10(15)17/h1-3H,4-6H2,(H,14,16). The molecule has 0 unspecified atom stereocenters.